The molecule has 0 spiro atoms. The van der Waals surface area contributed by atoms with Crippen molar-refractivity contribution in [2.75, 3.05) is 7.11 Å². The van der Waals surface area contributed by atoms with Crippen molar-refractivity contribution in [3.8, 4) is 5.75 Å². The largest absolute Gasteiger partial charge is 0.497 e. The van der Waals surface area contributed by atoms with E-state index in [0.29, 0.717) is 14.9 Å². The monoisotopic (exact) mass is 308 g/mol. The molecule has 1 aromatic rings. The smallest absolute Gasteiger partial charge is 0.307 e. The fraction of sp³-hybridized carbons (Fsp3) is 0.222. The Labute approximate surface area is 91.5 Å². The first-order valence-electron chi connectivity index (χ1n) is 3.83. The van der Waals surface area contributed by atoms with Crippen LogP contribution in [-0.2, 0) is 14.3 Å². The van der Waals surface area contributed by atoms with Gasteiger partial charge >= 0.3 is 5.97 Å². The van der Waals surface area contributed by atoms with Crippen molar-refractivity contribution in [3.63, 3.8) is 0 Å². The van der Waals surface area contributed by atoms with E-state index in [9.17, 15) is 7.86 Å². The highest BCUT2D eigenvalue weighted by Crippen LogP contribution is 2.22. The van der Waals surface area contributed by atoms with Gasteiger partial charge in [0.1, 0.15) is 5.75 Å². The summed E-state index contributed by atoms with van der Waals surface area (Å²) in [6.45, 7) is 0. The quantitative estimate of drug-likeness (QED) is 0.862. The first-order chi connectivity index (χ1) is 6.67. The number of rotatable bonds is 4. The summed E-state index contributed by atoms with van der Waals surface area (Å²) in [6, 6.07) is 4.94. The number of hydrogen-bond donors (Lipinski definition) is 1. The normalized spacial score (nSPS) is 9.79. The zero-order chi connectivity index (χ0) is 10.6. The minimum atomic E-state index is -1.33. The Kier molecular flexibility index (Phi) is 3.99. The molecular formula is C9H9IO4. The second kappa shape index (κ2) is 5.04. The molecule has 0 atom stereocenters. The standard InChI is InChI=1S/C9H9IO4/c1-14-7-2-3-8(10-13)6(4-7)5-9(11)12/h2-4H,5H2,1H3,(H,11,12). The molecule has 1 aromatic carbocycles. The average molecular weight is 308 g/mol. The molecule has 5 heteroatoms. The number of carbonyl (C=O) groups is 1. The minimum Gasteiger partial charge on any atom is -0.497 e. The maximum Gasteiger partial charge on any atom is 0.307 e. The zero-order valence-electron chi connectivity index (χ0n) is 7.49. The van der Waals surface area contributed by atoms with Crippen molar-refractivity contribution < 1.29 is 17.7 Å². The predicted molar refractivity (Wildman–Crippen MR) is 57.7 cm³/mol. The second-order valence-electron chi connectivity index (χ2n) is 2.61. The Morgan fingerprint density at radius 1 is 1.57 bits per heavy atom. The van der Waals surface area contributed by atoms with Gasteiger partial charge in [-0.2, -0.15) is 0 Å². The third-order valence-electron chi connectivity index (χ3n) is 1.68. The average Bonchev–Trinajstić information content (AvgIpc) is 2.16. The van der Waals surface area contributed by atoms with Crippen LogP contribution in [0, 0.1) is 3.57 Å². The maximum atomic E-state index is 10.8. The highest BCUT2D eigenvalue weighted by molar-refractivity contribution is 14.1. The number of halogens is 1. The topological polar surface area (TPSA) is 63.6 Å². The van der Waals surface area contributed by atoms with Gasteiger partial charge in [-0.25, -0.2) is 0 Å². The van der Waals surface area contributed by atoms with Crippen LogP contribution in [0.3, 0.4) is 0 Å². The number of ether oxygens (including phenoxy) is 1. The fourth-order valence-corrected chi connectivity index (χ4v) is 2.01. The predicted octanol–water partition coefficient (Wildman–Crippen LogP) is 1.81. The van der Waals surface area contributed by atoms with Crippen LogP contribution in [0.15, 0.2) is 18.2 Å². The van der Waals surface area contributed by atoms with E-state index in [1.165, 1.54) is 7.11 Å². The minimum absolute atomic E-state index is 0.117. The number of hydrogen-bond acceptors (Lipinski definition) is 3. The van der Waals surface area contributed by atoms with Crippen LogP contribution in [0.25, 0.3) is 0 Å². The van der Waals surface area contributed by atoms with E-state index in [4.69, 9.17) is 9.84 Å². The molecule has 0 aliphatic heterocycles. The number of benzene rings is 1. The Morgan fingerprint density at radius 2 is 2.29 bits per heavy atom. The van der Waals surface area contributed by atoms with Crippen LogP contribution in [0.2, 0.25) is 0 Å². The van der Waals surface area contributed by atoms with E-state index in [1.54, 1.807) is 18.2 Å². The van der Waals surface area contributed by atoms with Gasteiger partial charge in [-0.15, -0.1) is 0 Å². The molecule has 0 fully saturated rings. The third-order valence-corrected chi connectivity index (χ3v) is 3.20. The molecule has 76 valence electrons. The summed E-state index contributed by atoms with van der Waals surface area (Å²) in [5.41, 5.74) is 0.569. The molecule has 0 saturated carbocycles. The van der Waals surface area contributed by atoms with E-state index in [-0.39, 0.29) is 6.42 Å². The lowest BCUT2D eigenvalue weighted by atomic mass is 10.1. The molecule has 4 nitrogen and oxygen atoms in total. The van der Waals surface area contributed by atoms with Crippen LogP contribution >= 0.6 is 21.2 Å². The summed E-state index contributed by atoms with van der Waals surface area (Å²) in [4.78, 5) is 10.5. The zero-order valence-corrected chi connectivity index (χ0v) is 9.65. The van der Waals surface area contributed by atoms with Crippen molar-refractivity contribution in [2.45, 2.75) is 6.42 Å². The number of methoxy groups -OCH3 is 1. The summed E-state index contributed by atoms with van der Waals surface area (Å²) >= 11 is -1.33. The van der Waals surface area contributed by atoms with Gasteiger partial charge in [0.2, 0.25) is 0 Å². The third kappa shape index (κ3) is 2.76. The second-order valence-corrected chi connectivity index (χ2v) is 4.21. The van der Waals surface area contributed by atoms with E-state index in [1.807, 2.05) is 0 Å². The van der Waals surface area contributed by atoms with Gasteiger partial charge in [-0.3, -0.25) is 7.86 Å². The van der Waals surface area contributed by atoms with Crippen LogP contribution in [-0.4, -0.2) is 18.2 Å². The van der Waals surface area contributed by atoms with Crippen molar-refractivity contribution in [1.29, 1.82) is 0 Å². The molecule has 0 bridgehead atoms. The lowest BCUT2D eigenvalue weighted by Crippen LogP contribution is -2.02. The van der Waals surface area contributed by atoms with Gasteiger partial charge < -0.3 is 9.84 Å². The van der Waals surface area contributed by atoms with Crippen LogP contribution < -0.4 is 4.74 Å². The molecule has 1 N–H and O–H groups in total. The number of carboxylic acid groups (broad SMARTS) is 1. The van der Waals surface area contributed by atoms with Gasteiger partial charge in [-0.05, 0) is 23.8 Å². The maximum absolute atomic E-state index is 10.8. The molecule has 0 saturated heterocycles. The lowest BCUT2D eigenvalue weighted by molar-refractivity contribution is -0.136. The van der Waals surface area contributed by atoms with Gasteiger partial charge in [0.15, 0.2) is 21.2 Å². The van der Waals surface area contributed by atoms with Crippen LogP contribution in [0.4, 0.5) is 0 Å². The fourth-order valence-electron chi connectivity index (χ4n) is 1.05. The molecule has 1 rings (SSSR count). The molecule has 0 heterocycles. The molecule has 0 radical (unpaired) electrons. The van der Waals surface area contributed by atoms with E-state index >= 15 is 0 Å². The molecule has 0 aromatic heterocycles. The Hall–Kier alpha value is -0.980. The Balaban J connectivity index is 3.07. The number of carboxylic acids is 1. The van der Waals surface area contributed by atoms with E-state index < -0.39 is 27.2 Å². The lowest BCUT2D eigenvalue weighted by Gasteiger charge is -2.04. The number of aliphatic carboxylic acids is 1. The van der Waals surface area contributed by atoms with Crippen molar-refractivity contribution in [1.82, 2.24) is 0 Å². The molecule has 0 aliphatic rings. The summed E-state index contributed by atoms with van der Waals surface area (Å²) in [6.07, 6.45) is -0.117. The summed E-state index contributed by atoms with van der Waals surface area (Å²) in [5.74, 6) is -0.348. The van der Waals surface area contributed by atoms with Gasteiger partial charge in [0.05, 0.1) is 17.1 Å². The van der Waals surface area contributed by atoms with Gasteiger partial charge in [0, 0.05) is 0 Å². The first kappa shape index (κ1) is 11.1. The first-order valence-corrected chi connectivity index (χ1v) is 5.79. The van der Waals surface area contributed by atoms with Gasteiger partial charge in [0.25, 0.3) is 0 Å². The molecule has 0 aliphatic carbocycles. The summed E-state index contributed by atoms with van der Waals surface area (Å²) in [7, 11) is 1.51. The van der Waals surface area contributed by atoms with Crippen molar-refractivity contribution in [3.05, 3.63) is 27.3 Å². The molecular weight excluding hydrogens is 299 g/mol. The highest BCUT2D eigenvalue weighted by Gasteiger charge is 2.08. The van der Waals surface area contributed by atoms with Crippen LogP contribution in [0.5, 0.6) is 5.75 Å². The Bertz CT molecular complexity index is 362. The molecule has 14 heavy (non-hydrogen) atoms. The Morgan fingerprint density at radius 3 is 2.79 bits per heavy atom. The SMILES string of the molecule is COc1ccc(I=O)c(CC(=O)O)c1. The van der Waals surface area contributed by atoms with Crippen LogP contribution in [0.1, 0.15) is 5.56 Å². The summed E-state index contributed by atoms with van der Waals surface area (Å²) < 4.78 is 16.4. The summed E-state index contributed by atoms with van der Waals surface area (Å²) in [5, 5.41) is 8.62. The van der Waals surface area contributed by atoms with Gasteiger partial charge in [-0.1, -0.05) is 0 Å². The van der Waals surface area contributed by atoms with Crippen molar-refractivity contribution >= 4 is 27.2 Å². The highest BCUT2D eigenvalue weighted by atomic mass is 127. The van der Waals surface area contributed by atoms with Crippen molar-refractivity contribution in [2.24, 2.45) is 0 Å². The van der Waals surface area contributed by atoms with E-state index in [0.717, 1.165) is 0 Å². The molecule has 0 amide bonds. The van der Waals surface area contributed by atoms with E-state index in [2.05, 4.69) is 0 Å². The molecule has 0 unspecified atom stereocenters.